The summed E-state index contributed by atoms with van der Waals surface area (Å²) in [6.45, 7) is 0. The molecule has 0 aliphatic rings. The van der Waals surface area contributed by atoms with E-state index in [4.69, 9.17) is 28.4 Å². The standard InChI is InChI=1S/C20H24O6/c1-21-15-10-9-14(18(24-4)20(15)26-6)8-7-13-11-16(22-2)19(25-5)17(12-13)23-3/h7-12H,1-6H3/b8-7+. The summed E-state index contributed by atoms with van der Waals surface area (Å²) in [5.41, 5.74) is 1.73. The van der Waals surface area contributed by atoms with Gasteiger partial charge in [0.2, 0.25) is 11.5 Å². The van der Waals surface area contributed by atoms with Crippen LogP contribution in [-0.2, 0) is 0 Å². The predicted molar refractivity (Wildman–Crippen MR) is 101 cm³/mol. The van der Waals surface area contributed by atoms with Crippen molar-refractivity contribution in [1.29, 1.82) is 0 Å². The predicted octanol–water partition coefficient (Wildman–Crippen LogP) is 3.91. The summed E-state index contributed by atoms with van der Waals surface area (Å²) < 4.78 is 32.3. The summed E-state index contributed by atoms with van der Waals surface area (Å²) in [5.74, 6) is 3.47. The molecular weight excluding hydrogens is 336 g/mol. The molecule has 6 nitrogen and oxygen atoms in total. The second-order valence-corrected chi connectivity index (χ2v) is 5.22. The molecule has 2 aromatic rings. The molecule has 2 aromatic carbocycles. The molecule has 0 atom stereocenters. The molecule has 0 bridgehead atoms. The lowest BCUT2D eigenvalue weighted by molar-refractivity contribution is 0.324. The van der Waals surface area contributed by atoms with Gasteiger partial charge in [-0.3, -0.25) is 0 Å². The molecule has 0 unspecified atom stereocenters. The second-order valence-electron chi connectivity index (χ2n) is 5.22. The second kappa shape index (κ2) is 8.89. The van der Waals surface area contributed by atoms with Gasteiger partial charge in [-0.1, -0.05) is 12.2 Å². The molecule has 140 valence electrons. The Labute approximate surface area is 153 Å². The molecule has 2 rings (SSSR count). The first-order valence-electron chi connectivity index (χ1n) is 7.90. The van der Waals surface area contributed by atoms with Gasteiger partial charge in [0, 0.05) is 5.56 Å². The van der Waals surface area contributed by atoms with Crippen LogP contribution in [0.4, 0.5) is 0 Å². The molecule has 0 N–H and O–H groups in total. The maximum atomic E-state index is 5.50. The lowest BCUT2D eigenvalue weighted by atomic mass is 10.1. The molecular formula is C20H24O6. The van der Waals surface area contributed by atoms with Crippen LogP contribution in [-0.4, -0.2) is 42.7 Å². The molecule has 0 amide bonds. The molecule has 0 saturated carbocycles. The monoisotopic (exact) mass is 360 g/mol. The van der Waals surface area contributed by atoms with Gasteiger partial charge in [0.1, 0.15) is 0 Å². The summed E-state index contributed by atoms with van der Waals surface area (Å²) in [4.78, 5) is 0. The maximum Gasteiger partial charge on any atom is 0.203 e. The zero-order chi connectivity index (χ0) is 19.1. The van der Waals surface area contributed by atoms with E-state index in [0.29, 0.717) is 34.5 Å². The fourth-order valence-electron chi connectivity index (χ4n) is 2.64. The molecule has 0 heterocycles. The van der Waals surface area contributed by atoms with Crippen LogP contribution in [0.25, 0.3) is 12.2 Å². The molecule has 0 aromatic heterocycles. The largest absolute Gasteiger partial charge is 0.493 e. The highest BCUT2D eigenvalue weighted by Gasteiger charge is 2.15. The molecule has 0 radical (unpaired) electrons. The zero-order valence-electron chi connectivity index (χ0n) is 15.9. The number of hydrogen-bond acceptors (Lipinski definition) is 6. The molecule has 0 fully saturated rings. The Kier molecular flexibility index (Phi) is 6.60. The Balaban J connectivity index is 2.47. The third-order valence-electron chi connectivity index (χ3n) is 3.88. The first-order chi connectivity index (χ1) is 12.6. The molecule has 0 saturated heterocycles. The first-order valence-corrected chi connectivity index (χ1v) is 7.90. The van der Waals surface area contributed by atoms with Gasteiger partial charge < -0.3 is 28.4 Å². The fraction of sp³-hybridized carbons (Fsp3) is 0.300. The average molecular weight is 360 g/mol. The van der Waals surface area contributed by atoms with Crippen LogP contribution in [0.2, 0.25) is 0 Å². The Morgan fingerprint density at radius 2 is 1.08 bits per heavy atom. The van der Waals surface area contributed by atoms with Crippen LogP contribution in [0.15, 0.2) is 24.3 Å². The maximum absolute atomic E-state index is 5.50. The smallest absolute Gasteiger partial charge is 0.203 e. The zero-order valence-corrected chi connectivity index (χ0v) is 15.9. The van der Waals surface area contributed by atoms with Crippen molar-refractivity contribution in [2.24, 2.45) is 0 Å². The van der Waals surface area contributed by atoms with E-state index in [0.717, 1.165) is 11.1 Å². The number of methoxy groups -OCH3 is 6. The van der Waals surface area contributed by atoms with E-state index in [1.54, 1.807) is 42.7 Å². The number of benzene rings is 2. The van der Waals surface area contributed by atoms with Gasteiger partial charge in [0.05, 0.1) is 42.7 Å². The summed E-state index contributed by atoms with van der Waals surface area (Å²) in [5, 5.41) is 0. The molecule has 0 spiro atoms. The quantitative estimate of drug-likeness (QED) is 0.666. The van der Waals surface area contributed by atoms with Gasteiger partial charge in [-0.2, -0.15) is 0 Å². The fourth-order valence-corrected chi connectivity index (χ4v) is 2.64. The van der Waals surface area contributed by atoms with E-state index in [2.05, 4.69) is 0 Å². The lowest BCUT2D eigenvalue weighted by Gasteiger charge is -2.14. The van der Waals surface area contributed by atoms with Gasteiger partial charge in [-0.15, -0.1) is 0 Å². The highest BCUT2D eigenvalue weighted by Crippen LogP contribution is 2.41. The van der Waals surface area contributed by atoms with Crippen molar-refractivity contribution in [3.05, 3.63) is 35.4 Å². The van der Waals surface area contributed by atoms with Crippen LogP contribution in [0.5, 0.6) is 34.5 Å². The van der Waals surface area contributed by atoms with Crippen molar-refractivity contribution in [1.82, 2.24) is 0 Å². The third-order valence-corrected chi connectivity index (χ3v) is 3.88. The summed E-state index contributed by atoms with van der Waals surface area (Å²) in [7, 11) is 9.50. The Bertz CT molecular complexity index is 757. The number of ether oxygens (including phenoxy) is 6. The van der Waals surface area contributed by atoms with Crippen molar-refractivity contribution in [3.63, 3.8) is 0 Å². The average Bonchev–Trinajstić information content (AvgIpc) is 2.70. The highest BCUT2D eigenvalue weighted by atomic mass is 16.5. The van der Waals surface area contributed by atoms with Gasteiger partial charge in [0.15, 0.2) is 23.0 Å². The van der Waals surface area contributed by atoms with Crippen molar-refractivity contribution >= 4 is 12.2 Å². The SMILES string of the molecule is COc1cc(/C=C/c2ccc(OC)c(OC)c2OC)cc(OC)c1OC. The van der Waals surface area contributed by atoms with E-state index in [1.807, 2.05) is 36.4 Å². The van der Waals surface area contributed by atoms with Crippen LogP contribution < -0.4 is 28.4 Å². The van der Waals surface area contributed by atoms with Crippen LogP contribution in [0, 0.1) is 0 Å². The minimum Gasteiger partial charge on any atom is -0.493 e. The van der Waals surface area contributed by atoms with E-state index in [1.165, 1.54) is 0 Å². The summed E-state index contributed by atoms with van der Waals surface area (Å²) >= 11 is 0. The summed E-state index contributed by atoms with van der Waals surface area (Å²) in [6, 6.07) is 7.46. The summed E-state index contributed by atoms with van der Waals surface area (Å²) in [6.07, 6.45) is 3.84. The van der Waals surface area contributed by atoms with E-state index < -0.39 is 0 Å². The highest BCUT2D eigenvalue weighted by molar-refractivity contribution is 5.77. The normalized spacial score (nSPS) is 10.5. The van der Waals surface area contributed by atoms with Gasteiger partial charge in [0.25, 0.3) is 0 Å². The Morgan fingerprint density at radius 3 is 1.54 bits per heavy atom. The van der Waals surface area contributed by atoms with Gasteiger partial charge in [-0.25, -0.2) is 0 Å². The molecule has 6 heteroatoms. The van der Waals surface area contributed by atoms with Crippen molar-refractivity contribution in [2.45, 2.75) is 0 Å². The van der Waals surface area contributed by atoms with Crippen LogP contribution >= 0.6 is 0 Å². The lowest BCUT2D eigenvalue weighted by Crippen LogP contribution is -1.97. The van der Waals surface area contributed by atoms with E-state index >= 15 is 0 Å². The van der Waals surface area contributed by atoms with Crippen molar-refractivity contribution in [3.8, 4) is 34.5 Å². The van der Waals surface area contributed by atoms with Gasteiger partial charge >= 0.3 is 0 Å². The van der Waals surface area contributed by atoms with Crippen LogP contribution in [0.3, 0.4) is 0 Å². The van der Waals surface area contributed by atoms with Crippen LogP contribution in [0.1, 0.15) is 11.1 Å². The molecule has 26 heavy (non-hydrogen) atoms. The van der Waals surface area contributed by atoms with Gasteiger partial charge in [-0.05, 0) is 29.8 Å². The van der Waals surface area contributed by atoms with Crippen molar-refractivity contribution in [2.75, 3.05) is 42.7 Å². The minimum atomic E-state index is 0.544. The topological polar surface area (TPSA) is 55.4 Å². The third kappa shape index (κ3) is 3.79. The number of hydrogen-bond donors (Lipinski definition) is 0. The first kappa shape index (κ1) is 19.3. The Morgan fingerprint density at radius 1 is 0.538 bits per heavy atom. The van der Waals surface area contributed by atoms with E-state index in [9.17, 15) is 0 Å². The molecule has 0 aliphatic heterocycles. The van der Waals surface area contributed by atoms with Crippen molar-refractivity contribution < 1.29 is 28.4 Å². The Hall–Kier alpha value is -3.02. The minimum absolute atomic E-state index is 0.544. The number of rotatable bonds is 8. The molecule has 0 aliphatic carbocycles. The van der Waals surface area contributed by atoms with E-state index in [-0.39, 0.29) is 0 Å².